The number of amides is 1. The summed E-state index contributed by atoms with van der Waals surface area (Å²) in [5, 5.41) is 11.6. The van der Waals surface area contributed by atoms with Crippen LogP contribution in [0.3, 0.4) is 0 Å². The van der Waals surface area contributed by atoms with Crippen LogP contribution in [0.5, 0.6) is 0 Å². The number of nitrogens with one attached hydrogen (secondary N) is 1. The molecule has 2 N–H and O–H groups in total. The van der Waals surface area contributed by atoms with Crippen LogP contribution in [0.1, 0.15) is 12.0 Å². The summed E-state index contributed by atoms with van der Waals surface area (Å²) in [5.74, 6) is -1.18. The molecule has 1 unspecified atom stereocenters. The maximum absolute atomic E-state index is 11.8. The highest BCUT2D eigenvalue weighted by Gasteiger charge is 2.31. The maximum atomic E-state index is 11.8. The smallest absolute Gasteiger partial charge is 0.305 e. The van der Waals surface area contributed by atoms with Gasteiger partial charge in [-0.05, 0) is 19.1 Å². The molecule has 5 nitrogen and oxygen atoms in total. The van der Waals surface area contributed by atoms with Gasteiger partial charge >= 0.3 is 5.97 Å². The second-order valence-electron chi connectivity index (χ2n) is 4.43. The number of hydrogen-bond acceptors (Lipinski definition) is 3. The molecule has 5 heteroatoms. The van der Waals surface area contributed by atoms with Gasteiger partial charge in [-0.1, -0.05) is 17.7 Å². The highest BCUT2D eigenvalue weighted by Crippen LogP contribution is 2.21. The molecule has 1 heterocycles. The number of carboxylic acid groups (broad SMARTS) is 1. The highest BCUT2D eigenvalue weighted by atomic mass is 16.4. The van der Waals surface area contributed by atoms with Gasteiger partial charge in [0.25, 0.3) is 0 Å². The van der Waals surface area contributed by atoms with E-state index in [1.165, 1.54) is 0 Å². The zero-order chi connectivity index (χ0) is 13.1. The molecule has 96 valence electrons. The lowest BCUT2D eigenvalue weighted by atomic mass is 10.1. The monoisotopic (exact) mass is 248 g/mol. The molecule has 1 saturated heterocycles. The van der Waals surface area contributed by atoms with E-state index in [1.807, 2.05) is 36.1 Å². The zero-order valence-electron chi connectivity index (χ0n) is 10.2. The lowest BCUT2D eigenvalue weighted by Gasteiger charge is -2.36. The Labute approximate surface area is 105 Å². The molecule has 0 aromatic heterocycles. The molecular weight excluding hydrogens is 232 g/mol. The number of benzene rings is 1. The third-order valence-electron chi connectivity index (χ3n) is 3.06. The Balaban J connectivity index is 2.24. The molecule has 1 aromatic carbocycles. The minimum atomic E-state index is -0.964. The van der Waals surface area contributed by atoms with Crippen LogP contribution in [0.2, 0.25) is 0 Å². The number of aryl methyl sites for hydroxylation is 1. The van der Waals surface area contributed by atoms with E-state index >= 15 is 0 Å². The first-order valence-corrected chi connectivity index (χ1v) is 5.91. The molecule has 1 aromatic rings. The maximum Gasteiger partial charge on any atom is 0.305 e. The highest BCUT2D eigenvalue weighted by molar-refractivity contribution is 5.90. The number of hydrogen-bond donors (Lipinski definition) is 2. The number of carbonyl (C=O) groups excluding carboxylic acids is 1. The van der Waals surface area contributed by atoms with E-state index in [9.17, 15) is 9.59 Å². The first kappa shape index (κ1) is 12.4. The van der Waals surface area contributed by atoms with Crippen molar-refractivity contribution in [1.82, 2.24) is 5.32 Å². The SMILES string of the molecule is Cc1ccc(N2CCNC(=O)C2CC(=O)O)cc1. The fourth-order valence-electron chi connectivity index (χ4n) is 2.13. The molecule has 1 aliphatic heterocycles. The van der Waals surface area contributed by atoms with Crippen LogP contribution in [-0.4, -0.2) is 36.1 Å². The van der Waals surface area contributed by atoms with Crippen LogP contribution in [0.15, 0.2) is 24.3 Å². The molecule has 18 heavy (non-hydrogen) atoms. The molecule has 1 fully saturated rings. The molecule has 1 atom stereocenters. The standard InChI is InChI=1S/C13H16N2O3/c1-9-2-4-10(5-3-9)15-7-6-14-13(18)11(15)8-12(16)17/h2-5,11H,6-8H2,1H3,(H,14,18)(H,16,17). The average Bonchev–Trinajstić information content (AvgIpc) is 2.32. The minimum Gasteiger partial charge on any atom is -0.481 e. The first-order valence-electron chi connectivity index (χ1n) is 5.91. The summed E-state index contributed by atoms with van der Waals surface area (Å²) in [5.41, 5.74) is 2.02. The number of nitrogens with zero attached hydrogens (tertiary/aromatic N) is 1. The molecule has 0 bridgehead atoms. The molecule has 0 aliphatic carbocycles. The number of anilines is 1. The van der Waals surface area contributed by atoms with Crippen LogP contribution >= 0.6 is 0 Å². The Morgan fingerprint density at radius 3 is 2.72 bits per heavy atom. The number of rotatable bonds is 3. The van der Waals surface area contributed by atoms with Crippen LogP contribution in [0.25, 0.3) is 0 Å². The van der Waals surface area contributed by atoms with Gasteiger partial charge in [0, 0.05) is 18.8 Å². The summed E-state index contributed by atoms with van der Waals surface area (Å²) in [6.07, 6.45) is -0.181. The van der Waals surface area contributed by atoms with Gasteiger partial charge in [-0.25, -0.2) is 0 Å². The van der Waals surface area contributed by atoms with Crippen LogP contribution in [0, 0.1) is 6.92 Å². The summed E-state index contributed by atoms with van der Waals surface area (Å²) in [7, 11) is 0. The number of piperazine rings is 1. The number of carbonyl (C=O) groups is 2. The lowest BCUT2D eigenvalue weighted by Crippen LogP contribution is -2.56. The largest absolute Gasteiger partial charge is 0.481 e. The second-order valence-corrected chi connectivity index (χ2v) is 4.43. The van der Waals surface area contributed by atoms with E-state index < -0.39 is 12.0 Å². The van der Waals surface area contributed by atoms with Crippen molar-refractivity contribution >= 4 is 17.6 Å². The van der Waals surface area contributed by atoms with Crippen molar-refractivity contribution < 1.29 is 14.7 Å². The number of carboxylic acids is 1. The molecule has 0 radical (unpaired) electrons. The molecule has 2 rings (SSSR count). The topological polar surface area (TPSA) is 69.6 Å². The average molecular weight is 248 g/mol. The summed E-state index contributed by atoms with van der Waals surface area (Å²) >= 11 is 0. The third-order valence-corrected chi connectivity index (χ3v) is 3.06. The molecule has 1 aliphatic rings. The van der Waals surface area contributed by atoms with Gasteiger partial charge in [-0.2, -0.15) is 0 Å². The summed E-state index contributed by atoms with van der Waals surface area (Å²) in [4.78, 5) is 24.5. The van der Waals surface area contributed by atoms with Crippen LogP contribution < -0.4 is 10.2 Å². The first-order chi connectivity index (χ1) is 8.58. The van der Waals surface area contributed by atoms with Crippen molar-refractivity contribution in [3.63, 3.8) is 0 Å². The fourth-order valence-corrected chi connectivity index (χ4v) is 2.13. The van der Waals surface area contributed by atoms with Crippen molar-refractivity contribution in [3.8, 4) is 0 Å². The van der Waals surface area contributed by atoms with Gasteiger partial charge in [0.1, 0.15) is 6.04 Å². The molecule has 0 saturated carbocycles. The van der Waals surface area contributed by atoms with E-state index in [1.54, 1.807) is 0 Å². The Bertz CT molecular complexity index is 456. The molecule has 0 spiro atoms. The lowest BCUT2D eigenvalue weighted by molar-refractivity contribution is -0.139. The van der Waals surface area contributed by atoms with Gasteiger partial charge in [0.05, 0.1) is 6.42 Å². The predicted octanol–water partition coefficient (Wildman–Crippen LogP) is 0.775. The predicted molar refractivity (Wildman–Crippen MR) is 67.6 cm³/mol. The van der Waals surface area contributed by atoms with Crippen molar-refractivity contribution in [2.45, 2.75) is 19.4 Å². The number of aliphatic carboxylic acids is 1. The van der Waals surface area contributed by atoms with E-state index in [2.05, 4.69) is 5.32 Å². The molecular formula is C13H16N2O3. The van der Waals surface area contributed by atoms with E-state index in [4.69, 9.17) is 5.11 Å². The van der Waals surface area contributed by atoms with Crippen LogP contribution in [-0.2, 0) is 9.59 Å². The van der Waals surface area contributed by atoms with Gasteiger partial charge < -0.3 is 15.3 Å². The summed E-state index contributed by atoms with van der Waals surface area (Å²) in [6.45, 7) is 3.16. The van der Waals surface area contributed by atoms with Gasteiger partial charge in [-0.15, -0.1) is 0 Å². The second kappa shape index (κ2) is 5.08. The third kappa shape index (κ3) is 2.61. The van der Waals surface area contributed by atoms with Gasteiger partial charge in [0.15, 0.2) is 0 Å². The minimum absolute atomic E-state index is 0.181. The fraction of sp³-hybridized carbons (Fsp3) is 0.385. The Morgan fingerprint density at radius 1 is 1.44 bits per heavy atom. The van der Waals surface area contributed by atoms with Crippen molar-refractivity contribution in [2.75, 3.05) is 18.0 Å². The zero-order valence-corrected chi connectivity index (χ0v) is 10.2. The summed E-state index contributed by atoms with van der Waals surface area (Å²) in [6, 6.07) is 7.13. The van der Waals surface area contributed by atoms with Crippen molar-refractivity contribution in [1.29, 1.82) is 0 Å². The Hall–Kier alpha value is -2.04. The van der Waals surface area contributed by atoms with E-state index in [0.29, 0.717) is 13.1 Å². The van der Waals surface area contributed by atoms with Crippen molar-refractivity contribution in [3.05, 3.63) is 29.8 Å². The van der Waals surface area contributed by atoms with Crippen LogP contribution in [0.4, 0.5) is 5.69 Å². The summed E-state index contributed by atoms with van der Waals surface area (Å²) < 4.78 is 0. The normalized spacial score (nSPS) is 19.5. The Morgan fingerprint density at radius 2 is 2.11 bits per heavy atom. The van der Waals surface area contributed by atoms with Gasteiger partial charge in [0.2, 0.25) is 5.91 Å². The Kier molecular flexibility index (Phi) is 3.50. The van der Waals surface area contributed by atoms with E-state index in [0.717, 1.165) is 11.3 Å². The van der Waals surface area contributed by atoms with E-state index in [-0.39, 0.29) is 12.3 Å². The van der Waals surface area contributed by atoms with Crippen molar-refractivity contribution in [2.24, 2.45) is 0 Å². The van der Waals surface area contributed by atoms with Gasteiger partial charge in [-0.3, -0.25) is 9.59 Å². The molecule has 1 amide bonds. The quantitative estimate of drug-likeness (QED) is 0.829.